The van der Waals surface area contributed by atoms with E-state index in [1.54, 1.807) is 6.07 Å². The summed E-state index contributed by atoms with van der Waals surface area (Å²) in [5.74, 6) is 0.636. The fourth-order valence-electron chi connectivity index (χ4n) is 2.19. The number of benzene rings is 2. The highest BCUT2D eigenvalue weighted by Crippen LogP contribution is 2.14. The summed E-state index contributed by atoms with van der Waals surface area (Å²) in [5, 5.41) is 0.610. The molecule has 0 saturated heterocycles. The van der Waals surface area contributed by atoms with Crippen LogP contribution in [0.1, 0.15) is 11.4 Å². The van der Waals surface area contributed by atoms with Crippen LogP contribution in [0.5, 0.6) is 0 Å². The molecule has 0 bridgehead atoms. The molecule has 3 rings (SSSR count). The molecule has 0 aliphatic carbocycles. The average Bonchev–Trinajstić information content (AvgIpc) is 2.45. The van der Waals surface area contributed by atoms with Crippen LogP contribution in [0.4, 0.5) is 5.69 Å². The minimum atomic E-state index is -0.0867. The van der Waals surface area contributed by atoms with Crippen LogP contribution in [-0.4, -0.2) is 9.66 Å². The van der Waals surface area contributed by atoms with Crippen LogP contribution in [0.3, 0.4) is 0 Å². The number of anilines is 1. The predicted octanol–water partition coefficient (Wildman–Crippen LogP) is 2.89. The number of nitrogens with zero attached hydrogens (tertiary/aromatic N) is 2. The second-order valence-electron chi connectivity index (χ2n) is 4.74. The molecule has 1 aromatic heterocycles. The number of rotatable bonds is 2. The summed E-state index contributed by atoms with van der Waals surface area (Å²) in [5.41, 5.74) is 5.75. The Morgan fingerprint density at radius 3 is 2.50 bits per heavy atom. The van der Waals surface area contributed by atoms with Crippen molar-refractivity contribution < 1.29 is 0 Å². The summed E-state index contributed by atoms with van der Waals surface area (Å²) in [6, 6.07) is 15.2. The molecular formula is C16H15N3O. The maximum Gasteiger partial charge on any atom is 0.280 e. The quantitative estimate of drug-likeness (QED) is 0.775. The number of nitrogens with one attached hydrogen (secondary N) is 1. The first-order chi connectivity index (χ1) is 9.66. The lowest BCUT2D eigenvalue weighted by atomic mass is 10.2. The molecule has 1 N–H and O–H groups in total. The van der Waals surface area contributed by atoms with E-state index >= 15 is 0 Å². The van der Waals surface area contributed by atoms with Gasteiger partial charge in [0.1, 0.15) is 5.82 Å². The Labute approximate surface area is 116 Å². The van der Waals surface area contributed by atoms with E-state index in [1.807, 2.05) is 56.3 Å². The highest BCUT2D eigenvalue weighted by atomic mass is 16.1. The van der Waals surface area contributed by atoms with Crippen molar-refractivity contribution in [3.8, 4) is 0 Å². The molecule has 100 valence electrons. The van der Waals surface area contributed by atoms with Crippen LogP contribution in [0.25, 0.3) is 10.9 Å². The van der Waals surface area contributed by atoms with Crippen LogP contribution in [0, 0.1) is 13.8 Å². The molecule has 0 fully saturated rings. The largest absolute Gasteiger partial charge is 0.290 e. The Morgan fingerprint density at radius 1 is 1.00 bits per heavy atom. The number of aryl methyl sites for hydroxylation is 2. The molecule has 0 saturated carbocycles. The zero-order valence-corrected chi connectivity index (χ0v) is 11.4. The van der Waals surface area contributed by atoms with Crippen LogP contribution < -0.4 is 11.0 Å². The highest BCUT2D eigenvalue weighted by Gasteiger charge is 2.08. The smallest absolute Gasteiger partial charge is 0.280 e. The zero-order valence-electron chi connectivity index (χ0n) is 11.4. The van der Waals surface area contributed by atoms with Gasteiger partial charge in [-0.25, -0.2) is 9.66 Å². The number of para-hydroxylation sites is 2. The first-order valence-electron chi connectivity index (χ1n) is 6.48. The van der Waals surface area contributed by atoms with Crippen LogP contribution >= 0.6 is 0 Å². The van der Waals surface area contributed by atoms with Crippen LogP contribution in [0.2, 0.25) is 0 Å². The molecule has 0 radical (unpaired) electrons. The summed E-state index contributed by atoms with van der Waals surface area (Å²) < 4.78 is 1.49. The average molecular weight is 265 g/mol. The van der Waals surface area contributed by atoms with E-state index in [1.165, 1.54) is 4.68 Å². The summed E-state index contributed by atoms with van der Waals surface area (Å²) >= 11 is 0. The van der Waals surface area contributed by atoms with Gasteiger partial charge in [0.2, 0.25) is 0 Å². The summed E-state index contributed by atoms with van der Waals surface area (Å²) in [4.78, 5) is 17.0. The van der Waals surface area contributed by atoms with Crippen molar-refractivity contribution in [1.82, 2.24) is 9.66 Å². The van der Waals surface area contributed by atoms with E-state index in [0.717, 1.165) is 16.8 Å². The maximum atomic E-state index is 12.5. The standard InChI is InChI=1S/C16H15N3O/c1-11-7-3-5-9-14(11)18-19-12(2)17-15-10-6-4-8-13(15)16(19)20/h3-10,18H,1-2H3. The van der Waals surface area contributed by atoms with Gasteiger partial charge in [0, 0.05) is 0 Å². The molecule has 0 atom stereocenters. The molecular weight excluding hydrogens is 250 g/mol. The first-order valence-corrected chi connectivity index (χ1v) is 6.48. The summed E-state index contributed by atoms with van der Waals surface area (Å²) in [7, 11) is 0. The normalized spacial score (nSPS) is 10.7. The predicted molar refractivity (Wildman–Crippen MR) is 80.9 cm³/mol. The van der Waals surface area contributed by atoms with Crippen molar-refractivity contribution in [2.45, 2.75) is 13.8 Å². The molecule has 0 aliphatic rings. The number of hydrogen-bond acceptors (Lipinski definition) is 3. The van der Waals surface area contributed by atoms with Crippen molar-refractivity contribution >= 4 is 16.6 Å². The van der Waals surface area contributed by atoms with Crippen molar-refractivity contribution in [2.75, 3.05) is 5.43 Å². The molecule has 2 aromatic carbocycles. The number of hydrogen-bond donors (Lipinski definition) is 1. The third kappa shape index (κ3) is 2.05. The fraction of sp³-hybridized carbons (Fsp3) is 0.125. The summed E-state index contributed by atoms with van der Waals surface area (Å²) in [6.07, 6.45) is 0. The lowest BCUT2D eigenvalue weighted by molar-refractivity contribution is 0.824. The van der Waals surface area contributed by atoms with Gasteiger partial charge in [-0.15, -0.1) is 0 Å². The molecule has 0 amide bonds. The molecule has 4 heteroatoms. The monoisotopic (exact) mass is 265 g/mol. The van der Waals surface area contributed by atoms with Gasteiger partial charge in [0.15, 0.2) is 0 Å². The van der Waals surface area contributed by atoms with Crippen LogP contribution in [0.15, 0.2) is 53.3 Å². The summed E-state index contributed by atoms with van der Waals surface area (Å²) in [6.45, 7) is 3.82. The molecule has 3 aromatic rings. The van der Waals surface area contributed by atoms with Crippen LogP contribution in [-0.2, 0) is 0 Å². The molecule has 0 aliphatic heterocycles. The molecule has 0 spiro atoms. The van der Waals surface area contributed by atoms with Crippen molar-refractivity contribution in [3.63, 3.8) is 0 Å². The minimum absolute atomic E-state index is 0.0867. The van der Waals surface area contributed by atoms with Gasteiger partial charge in [-0.3, -0.25) is 10.2 Å². The lowest BCUT2D eigenvalue weighted by Gasteiger charge is -2.14. The molecule has 4 nitrogen and oxygen atoms in total. The van der Waals surface area contributed by atoms with E-state index in [9.17, 15) is 4.79 Å². The van der Waals surface area contributed by atoms with Crippen molar-refractivity contribution in [1.29, 1.82) is 0 Å². The highest BCUT2D eigenvalue weighted by molar-refractivity contribution is 5.77. The molecule has 1 heterocycles. The van der Waals surface area contributed by atoms with Gasteiger partial charge < -0.3 is 0 Å². The Kier molecular flexibility index (Phi) is 2.99. The SMILES string of the molecule is Cc1ccccc1Nn1c(C)nc2ccccc2c1=O. The third-order valence-electron chi connectivity index (χ3n) is 3.32. The second-order valence-corrected chi connectivity index (χ2v) is 4.74. The molecule has 0 unspecified atom stereocenters. The zero-order chi connectivity index (χ0) is 14.1. The Balaban J connectivity index is 2.17. The Hall–Kier alpha value is -2.62. The topological polar surface area (TPSA) is 46.9 Å². The minimum Gasteiger partial charge on any atom is -0.290 e. The van der Waals surface area contributed by atoms with E-state index < -0.39 is 0 Å². The Bertz CT molecular complexity index is 836. The third-order valence-corrected chi connectivity index (χ3v) is 3.32. The van der Waals surface area contributed by atoms with Gasteiger partial charge in [0.25, 0.3) is 5.56 Å². The van der Waals surface area contributed by atoms with E-state index in [4.69, 9.17) is 0 Å². The molecule has 20 heavy (non-hydrogen) atoms. The fourth-order valence-corrected chi connectivity index (χ4v) is 2.19. The number of aromatic nitrogens is 2. The van der Waals surface area contributed by atoms with Gasteiger partial charge in [-0.2, -0.15) is 0 Å². The van der Waals surface area contributed by atoms with Crippen molar-refractivity contribution in [2.24, 2.45) is 0 Å². The van der Waals surface area contributed by atoms with E-state index in [0.29, 0.717) is 11.2 Å². The maximum absolute atomic E-state index is 12.5. The number of fused-ring (bicyclic) bond motifs is 1. The van der Waals surface area contributed by atoms with Gasteiger partial charge in [-0.05, 0) is 37.6 Å². The Morgan fingerprint density at radius 2 is 1.70 bits per heavy atom. The van der Waals surface area contributed by atoms with Gasteiger partial charge in [0.05, 0.1) is 16.6 Å². The van der Waals surface area contributed by atoms with Gasteiger partial charge in [-0.1, -0.05) is 30.3 Å². The van der Waals surface area contributed by atoms with E-state index in [2.05, 4.69) is 10.4 Å². The first kappa shape index (κ1) is 12.4. The van der Waals surface area contributed by atoms with Crippen molar-refractivity contribution in [3.05, 3.63) is 70.3 Å². The van der Waals surface area contributed by atoms with Gasteiger partial charge >= 0.3 is 0 Å². The lowest BCUT2D eigenvalue weighted by Crippen LogP contribution is -2.29. The second kappa shape index (κ2) is 4.81. The van der Waals surface area contributed by atoms with E-state index in [-0.39, 0.29) is 5.56 Å².